The molecule has 2 heterocycles. The molecular weight excluding hydrogens is 524 g/mol. The lowest BCUT2D eigenvalue weighted by molar-refractivity contribution is 0.0420. The van der Waals surface area contributed by atoms with Crippen LogP contribution < -0.4 is 15.5 Å². The smallest absolute Gasteiger partial charge is 0.191 e. The largest absolute Gasteiger partial charge is 0.379 e. The van der Waals surface area contributed by atoms with Gasteiger partial charge in [0.25, 0.3) is 0 Å². The molecule has 0 aromatic heterocycles. The van der Waals surface area contributed by atoms with E-state index < -0.39 is 0 Å². The summed E-state index contributed by atoms with van der Waals surface area (Å²) in [5.74, 6) is 0.579. The van der Waals surface area contributed by atoms with E-state index in [1.807, 2.05) is 19.1 Å². The summed E-state index contributed by atoms with van der Waals surface area (Å²) in [6.07, 6.45) is 2.13. The molecule has 2 aliphatic rings. The van der Waals surface area contributed by atoms with Crippen LogP contribution in [0.2, 0.25) is 0 Å². The molecule has 0 aliphatic carbocycles. The molecule has 2 fully saturated rings. The Labute approximate surface area is 209 Å². The first-order valence-electron chi connectivity index (χ1n) is 11.7. The van der Waals surface area contributed by atoms with Gasteiger partial charge in [0.05, 0.1) is 24.9 Å². The Bertz CT molecular complexity index is 695. The SMILES string of the molecule is CCNC(=NCc1ccc(N2CCN(CC)CC2)c(F)c1)NCCCOC1CCOC1.I. The van der Waals surface area contributed by atoms with Crippen molar-refractivity contribution in [3.63, 3.8) is 0 Å². The highest BCUT2D eigenvalue weighted by atomic mass is 127. The number of piperazine rings is 1. The molecular formula is C23H39FIN5O2. The maximum Gasteiger partial charge on any atom is 0.191 e. The van der Waals surface area contributed by atoms with Gasteiger partial charge in [0.15, 0.2) is 5.96 Å². The van der Waals surface area contributed by atoms with Gasteiger partial charge in [-0.1, -0.05) is 13.0 Å². The Morgan fingerprint density at radius 1 is 1.22 bits per heavy atom. The van der Waals surface area contributed by atoms with Gasteiger partial charge in [0.2, 0.25) is 0 Å². The zero-order valence-electron chi connectivity index (χ0n) is 19.4. The monoisotopic (exact) mass is 563 g/mol. The Kier molecular flexibility index (Phi) is 12.6. The molecule has 1 aromatic carbocycles. The lowest BCUT2D eigenvalue weighted by atomic mass is 10.1. The summed E-state index contributed by atoms with van der Waals surface area (Å²) in [6.45, 7) is 13.2. The van der Waals surface area contributed by atoms with Crippen molar-refractivity contribution in [2.75, 3.05) is 70.5 Å². The van der Waals surface area contributed by atoms with Crippen LogP contribution in [-0.4, -0.2) is 82.6 Å². The van der Waals surface area contributed by atoms with Crippen molar-refractivity contribution in [2.24, 2.45) is 4.99 Å². The standard InChI is InChI=1S/C23H38FN5O2.HI/c1-3-25-23(26-9-5-14-31-20-8-15-30-18-20)27-17-19-6-7-22(21(24)16-19)29-12-10-28(4-2)11-13-29;/h6-7,16,20H,3-5,8-15,17-18H2,1-2H3,(H2,25,26,27);1H. The molecule has 7 nitrogen and oxygen atoms in total. The number of aliphatic imine (C=N–C) groups is 1. The number of anilines is 1. The molecule has 0 spiro atoms. The molecule has 1 unspecified atom stereocenters. The number of nitrogens with one attached hydrogen (secondary N) is 2. The summed E-state index contributed by atoms with van der Waals surface area (Å²) in [6, 6.07) is 5.49. The quantitative estimate of drug-likeness (QED) is 0.198. The average molecular weight is 564 g/mol. The Balaban J connectivity index is 0.00000363. The molecule has 1 aromatic rings. The third-order valence-corrected chi connectivity index (χ3v) is 5.79. The van der Waals surface area contributed by atoms with Gasteiger partial charge >= 0.3 is 0 Å². The van der Waals surface area contributed by atoms with E-state index in [-0.39, 0.29) is 35.9 Å². The fourth-order valence-electron chi connectivity index (χ4n) is 3.90. The lowest BCUT2D eigenvalue weighted by Crippen LogP contribution is -2.46. The molecule has 32 heavy (non-hydrogen) atoms. The summed E-state index contributed by atoms with van der Waals surface area (Å²) in [5.41, 5.74) is 1.57. The van der Waals surface area contributed by atoms with E-state index in [4.69, 9.17) is 9.47 Å². The van der Waals surface area contributed by atoms with Gasteiger partial charge in [-0.3, -0.25) is 0 Å². The van der Waals surface area contributed by atoms with Crippen molar-refractivity contribution in [2.45, 2.75) is 39.3 Å². The Hall–Kier alpha value is -1.17. The van der Waals surface area contributed by atoms with Crippen LogP contribution in [0, 0.1) is 5.82 Å². The molecule has 0 amide bonds. The van der Waals surface area contributed by atoms with Gasteiger partial charge in [-0.05, 0) is 44.0 Å². The van der Waals surface area contributed by atoms with Crippen molar-refractivity contribution in [1.29, 1.82) is 0 Å². The van der Waals surface area contributed by atoms with Crippen LogP contribution in [0.25, 0.3) is 0 Å². The first-order chi connectivity index (χ1) is 15.2. The van der Waals surface area contributed by atoms with Gasteiger partial charge < -0.3 is 29.9 Å². The van der Waals surface area contributed by atoms with E-state index in [9.17, 15) is 4.39 Å². The molecule has 1 atom stereocenters. The van der Waals surface area contributed by atoms with Crippen LogP contribution in [0.1, 0.15) is 32.3 Å². The highest BCUT2D eigenvalue weighted by Gasteiger charge is 2.18. The van der Waals surface area contributed by atoms with E-state index >= 15 is 0 Å². The second-order valence-electron chi connectivity index (χ2n) is 8.04. The summed E-state index contributed by atoms with van der Waals surface area (Å²) in [5, 5.41) is 6.57. The summed E-state index contributed by atoms with van der Waals surface area (Å²) in [4.78, 5) is 9.14. The van der Waals surface area contributed by atoms with E-state index in [0.29, 0.717) is 25.4 Å². The Morgan fingerprint density at radius 3 is 2.69 bits per heavy atom. The second-order valence-corrected chi connectivity index (χ2v) is 8.04. The van der Waals surface area contributed by atoms with Crippen LogP contribution in [0.15, 0.2) is 23.2 Å². The average Bonchev–Trinajstić information content (AvgIpc) is 3.31. The van der Waals surface area contributed by atoms with Gasteiger partial charge in [0, 0.05) is 52.5 Å². The van der Waals surface area contributed by atoms with Crippen molar-refractivity contribution >= 4 is 35.6 Å². The predicted octanol–water partition coefficient (Wildman–Crippen LogP) is 2.84. The first-order valence-corrected chi connectivity index (χ1v) is 11.7. The number of benzene rings is 1. The van der Waals surface area contributed by atoms with Gasteiger partial charge in [0.1, 0.15) is 5.82 Å². The third kappa shape index (κ3) is 8.64. The summed E-state index contributed by atoms with van der Waals surface area (Å²) < 4.78 is 25.8. The molecule has 9 heteroatoms. The number of halogens is 2. The summed E-state index contributed by atoms with van der Waals surface area (Å²) in [7, 11) is 0. The van der Waals surface area contributed by atoms with E-state index in [0.717, 1.165) is 76.8 Å². The normalized spacial score (nSPS) is 19.7. The molecule has 2 saturated heterocycles. The minimum Gasteiger partial charge on any atom is -0.379 e. The fourth-order valence-corrected chi connectivity index (χ4v) is 3.90. The van der Waals surface area contributed by atoms with Gasteiger partial charge in [-0.15, -0.1) is 24.0 Å². The first kappa shape index (κ1) is 27.1. The molecule has 0 radical (unpaired) electrons. The molecule has 2 N–H and O–H groups in total. The molecule has 2 aliphatic heterocycles. The maximum absolute atomic E-state index is 14.7. The van der Waals surface area contributed by atoms with Crippen molar-refractivity contribution in [3.05, 3.63) is 29.6 Å². The predicted molar refractivity (Wildman–Crippen MR) is 139 cm³/mol. The minimum atomic E-state index is -0.163. The second kappa shape index (κ2) is 14.9. The fraction of sp³-hybridized carbons (Fsp3) is 0.696. The topological polar surface area (TPSA) is 61.4 Å². The van der Waals surface area contributed by atoms with E-state index in [1.165, 1.54) is 0 Å². The Morgan fingerprint density at radius 2 is 2.03 bits per heavy atom. The number of rotatable bonds is 10. The lowest BCUT2D eigenvalue weighted by Gasteiger charge is -2.35. The van der Waals surface area contributed by atoms with E-state index in [2.05, 4.69) is 32.3 Å². The highest BCUT2D eigenvalue weighted by Crippen LogP contribution is 2.22. The van der Waals surface area contributed by atoms with Gasteiger partial charge in [-0.25, -0.2) is 9.38 Å². The van der Waals surface area contributed by atoms with Crippen molar-refractivity contribution in [1.82, 2.24) is 15.5 Å². The molecule has 0 bridgehead atoms. The number of nitrogens with zero attached hydrogens (tertiary/aromatic N) is 3. The van der Waals surface area contributed by atoms with Gasteiger partial charge in [-0.2, -0.15) is 0 Å². The number of ether oxygens (including phenoxy) is 2. The number of guanidine groups is 1. The zero-order chi connectivity index (χ0) is 21.9. The van der Waals surface area contributed by atoms with Crippen molar-refractivity contribution < 1.29 is 13.9 Å². The summed E-state index contributed by atoms with van der Waals surface area (Å²) >= 11 is 0. The van der Waals surface area contributed by atoms with Crippen molar-refractivity contribution in [3.8, 4) is 0 Å². The number of hydrogen-bond acceptors (Lipinski definition) is 5. The van der Waals surface area contributed by atoms with Crippen LogP contribution in [0.5, 0.6) is 0 Å². The molecule has 3 rings (SSSR count). The molecule has 0 saturated carbocycles. The maximum atomic E-state index is 14.7. The van der Waals surface area contributed by atoms with Crippen LogP contribution in [0.4, 0.5) is 10.1 Å². The third-order valence-electron chi connectivity index (χ3n) is 5.79. The van der Waals surface area contributed by atoms with Crippen LogP contribution >= 0.6 is 24.0 Å². The van der Waals surface area contributed by atoms with Crippen LogP contribution in [-0.2, 0) is 16.0 Å². The number of likely N-dealkylation sites (N-methyl/N-ethyl adjacent to an activating group) is 1. The van der Waals surface area contributed by atoms with E-state index in [1.54, 1.807) is 6.07 Å². The van der Waals surface area contributed by atoms with Crippen LogP contribution in [0.3, 0.4) is 0 Å². The molecule has 182 valence electrons. The highest BCUT2D eigenvalue weighted by molar-refractivity contribution is 14.0. The zero-order valence-corrected chi connectivity index (χ0v) is 21.8. The number of hydrogen-bond donors (Lipinski definition) is 2. The minimum absolute atomic E-state index is 0.